The van der Waals surface area contributed by atoms with Gasteiger partial charge in [-0.05, 0) is 0 Å². The van der Waals surface area contributed by atoms with E-state index in [4.69, 9.17) is 0 Å². The third-order valence-electron chi connectivity index (χ3n) is 4.72. The monoisotopic (exact) mass is 566 g/mol. The molecule has 0 saturated heterocycles. The summed E-state index contributed by atoms with van der Waals surface area (Å²) in [6.07, 6.45) is 4.78. The van der Waals surface area contributed by atoms with Crippen LogP contribution in [-0.4, -0.2) is 17.4 Å². The van der Waals surface area contributed by atoms with E-state index in [1.165, 1.54) is 22.5 Å². The Labute approximate surface area is 187 Å². The van der Waals surface area contributed by atoms with Crippen molar-refractivity contribution in [2.24, 2.45) is 0 Å². The van der Waals surface area contributed by atoms with Gasteiger partial charge < -0.3 is 0 Å². The topological polar surface area (TPSA) is 15.3 Å². The number of nitrogens with one attached hydrogen (secondary N) is 1. The number of benzene rings is 1. The fourth-order valence-corrected chi connectivity index (χ4v) is 23.4. The molecule has 3 rings (SSSR count). The van der Waals surface area contributed by atoms with Crippen LogP contribution in [0.25, 0.3) is 0 Å². The van der Waals surface area contributed by atoms with Gasteiger partial charge in [-0.3, -0.25) is 0 Å². The number of halogens is 3. The standard InChI is InChI=1S/C14H11BrN.C4H10N.2CH3.2ClH.H2Si.Zr/c1-10-7-11-9-14(15)16(13(11)8-10)12-5-3-2-4-6-12;1-4(2,3)5;;;;;;/h2-6,8-9,14H,1H3;5H,1-3H3;2*1H3;2*1H;1H2;/q;-1;;;;;;+1. The van der Waals surface area contributed by atoms with Gasteiger partial charge in [0.15, 0.2) is 0 Å². The predicted octanol–water partition coefficient (Wildman–Crippen LogP) is 5.81. The van der Waals surface area contributed by atoms with Gasteiger partial charge in [0.2, 0.25) is 0 Å². The molecule has 1 unspecified atom stereocenters. The Hall–Kier alpha value is 0.360. The van der Waals surface area contributed by atoms with Crippen LogP contribution in [0.5, 0.6) is 0 Å². The van der Waals surface area contributed by atoms with Crippen LogP contribution in [0.1, 0.15) is 27.7 Å². The zero-order chi connectivity index (χ0) is 18.6. The molecule has 150 valence electrons. The van der Waals surface area contributed by atoms with E-state index in [-0.39, 0.29) is 35.3 Å². The number of alkyl halides is 1. The normalized spacial score (nSPS) is 19.9. The number of nitrogens with zero attached hydrogens (tertiary/aromatic N) is 1. The summed E-state index contributed by atoms with van der Waals surface area (Å²) < 4.78 is 10.7. The van der Waals surface area contributed by atoms with E-state index < -0.39 is 17.7 Å². The van der Waals surface area contributed by atoms with Crippen LogP contribution in [0.2, 0.25) is 9.26 Å². The molecule has 2 aliphatic rings. The van der Waals surface area contributed by atoms with Gasteiger partial charge in [0.1, 0.15) is 0 Å². The maximum Gasteiger partial charge on any atom is -0.147 e. The molecule has 1 N–H and O–H groups in total. The van der Waals surface area contributed by atoms with E-state index >= 15 is 0 Å². The Morgan fingerprint density at radius 1 is 1.11 bits per heavy atom. The van der Waals surface area contributed by atoms with Gasteiger partial charge in [-0.2, -0.15) is 0 Å². The molecule has 1 aromatic rings. The van der Waals surface area contributed by atoms with E-state index in [2.05, 4.69) is 110 Å². The smallest absolute Gasteiger partial charge is 0.147 e. The Morgan fingerprint density at radius 3 is 2.19 bits per heavy atom. The molecule has 1 heterocycles. The van der Waals surface area contributed by atoms with Gasteiger partial charge in [-0.15, -0.1) is 24.8 Å². The Kier molecular flexibility index (Phi) is 7.75. The summed E-state index contributed by atoms with van der Waals surface area (Å²) in [5.41, 5.74) is 5.57. The zero-order valence-corrected chi connectivity index (χ0v) is 24.1. The van der Waals surface area contributed by atoms with Gasteiger partial charge in [0.05, 0.1) is 0 Å². The minimum absolute atomic E-state index is 0. The average molecular weight is 570 g/mol. The van der Waals surface area contributed by atoms with Gasteiger partial charge in [0, 0.05) is 0 Å². The number of allylic oxidation sites excluding steroid dienone is 3. The summed E-state index contributed by atoms with van der Waals surface area (Å²) in [6, 6.07) is 10.7. The molecule has 2 nitrogen and oxygen atoms in total. The summed E-state index contributed by atoms with van der Waals surface area (Å²) in [4.78, 5) is 2.61. The van der Waals surface area contributed by atoms with E-state index in [1.54, 1.807) is 3.28 Å². The summed E-state index contributed by atoms with van der Waals surface area (Å²) in [6.45, 7) is 11.4. The third-order valence-corrected chi connectivity index (χ3v) is 17.9. The molecule has 0 radical (unpaired) electrons. The van der Waals surface area contributed by atoms with Crippen molar-refractivity contribution in [3.63, 3.8) is 0 Å². The number of para-hydroxylation sites is 1. The molecule has 0 saturated carbocycles. The molecule has 1 atom stereocenters. The van der Waals surface area contributed by atoms with Crippen LogP contribution in [0.3, 0.4) is 0 Å². The van der Waals surface area contributed by atoms with Crippen LogP contribution >= 0.6 is 40.7 Å². The fraction of sp³-hybridized carbons (Fsp3) is 0.400. The first-order valence-electron chi connectivity index (χ1n) is 8.89. The second-order valence-electron chi connectivity index (χ2n) is 9.31. The van der Waals surface area contributed by atoms with Crippen LogP contribution in [-0.2, 0) is 17.7 Å². The molecule has 1 aliphatic carbocycles. The van der Waals surface area contributed by atoms with Crippen LogP contribution in [0.4, 0.5) is 5.69 Å². The van der Waals surface area contributed by atoms with Crippen molar-refractivity contribution in [3.8, 4) is 0 Å². The van der Waals surface area contributed by atoms with E-state index in [9.17, 15) is 0 Å². The first kappa shape index (κ1) is 25.4. The van der Waals surface area contributed by atoms with Gasteiger partial charge in [0.25, 0.3) is 0 Å². The first-order valence-corrected chi connectivity index (χ1v) is 23.1. The summed E-state index contributed by atoms with van der Waals surface area (Å²) in [7, 11) is 0. The molecule has 0 fully saturated rings. The molecule has 1 aromatic carbocycles. The molecular formula is C20H31BrCl2N2SiZr. The van der Waals surface area contributed by atoms with Crippen molar-refractivity contribution in [3.05, 3.63) is 62.6 Å². The number of hydrogen-bond acceptors (Lipinski definition) is 2. The quantitative estimate of drug-likeness (QED) is 0.281. The summed E-state index contributed by atoms with van der Waals surface area (Å²) >= 11 is 0.642. The summed E-state index contributed by atoms with van der Waals surface area (Å²) in [5.74, 6) is 0. The third kappa shape index (κ3) is 5.10. The molecule has 1 aliphatic heterocycles. The van der Waals surface area contributed by atoms with Crippen LogP contribution in [0.15, 0.2) is 62.6 Å². The predicted molar refractivity (Wildman–Crippen MR) is 128 cm³/mol. The van der Waals surface area contributed by atoms with Crippen molar-refractivity contribution in [1.29, 1.82) is 0 Å². The Morgan fingerprint density at radius 2 is 1.67 bits per heavy atom. The molecule has 27 heavy (non-hydrogen) atoms. The van der Waals surface area contributed by atoms with Gasteiger partial charge in [-0.25, -0.2) is 0 Å². The maximum atomic E-state index is 4.08. The van der Waals surface area contributed by atoms with Crippen LogP contribution < -0.4 is 8.16 Å². The minimum atomic E-state index is -3.24. The fourth-order valence-electron chi connectivity index (χ4n) is 4.61. The number of fused-ring (bicyclic) bond motifs is 1. The second kappa shape index (κ2) is 8.24. The van der Waals surface area contributed by atoms with Crippen molar-refractivity contribution in [2.75, 3.05) is 4.90 Å². The van der Waals surface area contributed by atoms with E-state index in [1.807, 2.05) is 0 Å². The van der Waals surface area contributed by atoms with Crippen molar-refractivity contribution >= 4 is 53.3 Å². The number of hydrogen-bond donors (Lipinski definition) is 1. The Bertz CT molecular complexity index is 879. The largest absolute Gasteiger partial charge is 0.147 e. The maximum absolute atomic E-state index is 4.08. The SMILES string of the molecule is CC1=[C]([Zr]([CH3])([CH3])(=[SiH2])[NH]C(C)(C)C)C2=CC(Br)N(c3ccccc3)C2=C1.Cl.Cl. The Balaban J connectivity index is 0.00000182. The first-order chi connectivity index (χ1) is 11.4. The molecule has 0 aromatic heterocycles. The molecular weight excluding hydrogens is 538 g/mol. The van der Waals surface area contributed by atoms with Crippen molar-refractivity contribution < 1.29 is 17.7 Å². The van der Waals surface area contributed by atoms with Crippen LogP contribution in [0, 0.1) is 0 Å². The summed E-state index contributed by atoms with van der Waals surface area (Å²) in [5, 5.41) is 0. The molecule has 0 amide bonds. The second-order valence-corrected chi connectivity index (χ2v) is 37.8. The molecule has 0 bridgehead atoms. The van der Waals surface area contributed by atoms with Crippen molar-refractivity contribution in [2.45, 2.75) is 47.4 Å². The molecule has 7 heteroatoms. The van der Waals surface area contributed by atoms with Gasteiger partial charge in [-0.1, -0.05) is 0 Å². The molecule has 0 spiro atoms. The van der Waals surface area contributed by atoms with E-state index in [0.717, 1.165) is 0 Å². The van der Waals surface area contributed by atoms with Crippen molar-refractivity contribution in [1.82, 2.24) is 3.26 Å². The average Bonchev–Trinajstić information content (AvgIpc) is 2.88. The van der Waals surface area contributed by atoms with Gasteiger partial charge >= 0.3 is 164 Å². The minimum Gasteiger partial charge on any atom is -0.147 e. The van der Waals surface area contributed by atoms with E-state index in [0.29, 0.717) is 0 Å². The number of rotatable bonds is 3. The number of anilines is 1. The zero-order valence-electron chi connectivity index (χ0n) is 17.0.